The molecule has 44 heavy (non-hydrogen) atoms. The summed E-state index contributed by atoms with van der Waals surface area (Å²) in [5.41, 5.74) is 11.0. The molecule has 5 nitrogen and oxygen atoms in total. The minimum absolute atomic E-state index is 0. The fraction of sp³-hybridized carbons (Fsp3) is 0.432. The Bertz CT molecular complexity index is 1280. The molecule has 1 unspecified atom stereocenters. The zero-order valence-corrected chi connectivity index (χ0v) is 33.6. The summed E-state index contributed by atoms with van der Waals surface area (Å²) in [5, 5.41) is 19.2. The van der Waals surface area contributed by atoms with E-state index in [1.807, 2.05) is 0 Å². The van der Waals surface area contributed by atoms with Gasteiger partial charge in [-0.15, -0.1) is 17.0 Å². The minimum atomic E-state index is -0.136. The monoisotopic (exact) mass is 779 g/mol. The van der Waals surface area contributed by atoms with Crippen LogP contribution in [0.2, 0.25) is 0 Å². The van der Waals surface area contributed by atoms with E-state index in [1.165, 1.54) is 38.9 Å². The van der Waals surface area contributed by atoms with Gasteiger partial charge in [0.15, 0.2) is 0 Å². The average molecular weight is 778 g/mol. The maximum Gasteiger partial charge on any atom is 4.00 e. The number of para-hydroxylation sites is 1. The molecule has 236 valence electrons. The third-order valence-electron chi connectivity index (χ3n) is 6.40. The standard InChI is InChI=1S/C31H35N2S.3C2H6N.Hf/c1-19(2)25-14-11-15-26(20(3)4)30(25)33-29(24-12-9-8-10-13-24)31-32-27(18-34-31)28-22(6)16-21(5)17-23(28)7;3*1-3-2;/h8-20,29H,1-7H3;3*1-2H3;/q4*-1;+4. The molecular formula is C37H53HfN5S. The summed E-state index contributed by atoms with van der Waals surface area (Å²) in [6.07, 6.45) is 0. The Kier molecular flexibility index (Phi) is 21.3. The van der Waals surface area contributed by atoms with Gasteiger partial charge < -0.3 is 21.3 Å². The Morgan fingerprint density at radius 2 is 1.11 bits per heavy atom. The predicted octanol–water partition coefficient (Wildman–Crippen LogP) is 11.6. The van der Waals surface area contributed by atoms with E-state index in [0.29, 0.717) is 11.8 Å². The molecule has 0 radical (unpaired) electrons. The third-order valence-corrected chi connectivity index (χ3v) is 7.30. The van der Waals surface area contributed by atoms with Gasteiger partial charge >= 0.3 is 25.8 Å². The number of nitrogens with zero attached hydrogens (tertiary/aromatic N) is 5. The molecule has 0 aliphatic rings. The van der Waals surface area contributed by atoms with E-state index in [1.54, 1.807) is 53.6 Å². The topological polar surface area (TPSA) is 69.3 Å². The number of rotatable bonds is 7. The van der Waals surface area contributed by atoms with Gasteiger partial charge in [-0.2, -0.15) is 42.3 Å². The molecule has 0 bridgehead atoms. The van der Waals surface area contributed by atoms with Crippen LogP contribution in [0, 0.1) is 20.8 Å². The molecular weight excluding hydrogens is 725 g/mol. The van der Waals surface area contributed by atoms with Crippen molar-refractivity contribution in [2.24, 2.45) is 0 Å². The van der Waals surface area contributed by atoms with Crippen LogP contribution < -0.4 is 0 Å². The van der Waals surface area contributed by atoms with Crippen LogP contribution in [0.3, 0.4) is 0 Å². The molecule has 0 saturated carbocycles. The van der Waals surface area contributed by atoms with E-state index < -0.39 is 0 Å². The fourth-order valence-corrected chi connectivity index (χ4v) is 5.68. The van der Waals surface area contributed by atoms with Crippen LogP contribution in [0.5, 0.6) is 0 Å². The van der Waals surface area contributed by atoms with Crippen molar-refractivity contribution in [3.63, 3.8) is 0 Å². The van der Waals surface area contributed by atoms with E-state index in [0.717, 1.165) is 16.4 Å². The maximum absolute atomic E-state index is 5.46. The van der Waals surface area contributed by atoms with Gasteiger partial charge in [-0.3, -0.25) is 0 Å². The number of aryl methyl sites for hydroxylation is 3. The summed E-state index contributed by atoms with van der Waals surface area (Å²) in [7, 11) is 10.5. The molecule has 0 N–H and O–H groups in total. The van der Waals surface area contributed by atoms with Crippen molar-refractivity contribution in [3.05, 3.63) is 126 Å². The molecule has 0 saturated heterocycles. The summed E-state index contributed by atoms with van der Waals surface area (Å²) in [6, 6.07) is 21.6. The Labute approximate surface area is 291 Å². The van der Waals surface area contributed by atoms with E-state index in [4.69, 9.17) is 10.3 Å². The number of thiazole rings is 1. The molecule has 4 rings (SSSR count). The van der Waals surface area contributed by atoms with E-state index in [-0.39, 0.29) is 31.9 Å². The first kappa shape index (κ1) is 41.8. The van der Waals surface area contributed by atoms with Gasteiger partial charge in [0.25, 0.3) is 0 Å². The van der Waals surface area contributed by atoms with Crippen molar-refractivity contribution in [3.8, 4) is 11.3 Å². The SMILES string of the molecule is C[N-]C.C[N-]C.C[N-]C.Cc1cc(C)c(-c2csc(C([N-]c3c(C(C)C)cccc3C(C)C)c3ccccc3)n2)c(C)c1.[Hf+4]. The first-order chi connectivity index (χ1) is 20.5. The zero-order valence-electron chi connectivity index (χ0n) is 29.2. The second-order valence-electron chi connectivity index (χ2n) is 11.2. The second kappa shape index (κ2) is 22.4. The molecule has 1 aromatic heterocycles. The predicted molar refractivity (Wildman–Crippen MR) is 193 cm³/mol. The molecule has 0 aliphatic heterocycles. The van der Waals surface area contributed by atoms with Crippen LogP contribution in [-0.4, -0.2) is 47.3 Å². The van der Waals surface area contributed by atoms with Crippen molar-refractivity contribution in [2.75, 3.05) is 42.3 Å². The second-order valence-corrected chi connectivity index (χ2v) is 12.1. The van der Waals surface area contributed by atoms with E-state index in [9.17, 15) is 0 Å². The largest absolute Gasteiger partial charge is 4.00 e. The maximum atomic E-state index is 5.46. The average Bonchev–Trinajstić information content (AvgIpc) is 3.42. The van der Waals surface area contributed by atoms with Crippen molar-refractivity contribution >= 4 is 17.0 Å². The van der Waals surface area contributed by atoms with Gasteiger partial charge in [-0.05, 0) is 49.8 Å². The molecule has 0 spiro atoms. The van der Waals surface area contributed by atoms with Crippen LogP contribution in [0.15, 0.2) is 66.0 Å². The number of aromatic nitrogens is 1. The molecule has 7 heteroatoms. The minimum Gasteiger partial charge on any atom is -0.672 e. The van der Waals surface area contributed by atoms with Gasteiger partial charge in [0, 0.05) is 10.9 Å². The molecule has 1 heterocycles. The summed E-state index contributed by atoms with van der Waals surface area (Å²) in [5.74, 6) is 0.803. The quantitative estimate of drug-likeness (QED) is 0.172. The molecule has 0 aliphatic carbocycles. The van der Waals surface area contributed by atoms with Crippen LogP contribution in [0.25, 0.3) is 32.5 Å². The Hall–Kier alpha value is -2.16. The number of benzene rings is 3. The summed E-state index contributed by atoms with van der Waals surface area (Å²) < 4.78 is 0. The van der Waals surface area contributed by atoms with E-state index >= 15 is 0 Å². The Morgan fingerprint density at radius 1 is 0.659 bits per heavy atom. The van der Waals surface area contributed by atoms with Crippen LogP contribution in [0.1, 0.15) is 84.0 Å². The fourth-order valence-electron chi connectivity index (χ4n) is 4.81. The molecule has 4 aromatic rings. The van der Waals surface area contributed by atoms with Gasteiger partial charge in [-0.1, -0.05) is 111 Å². The van der Waals surface area contributed by atoms with Crippen molar-refractivity contribution < 1.29 is 25.8 Å². The summed E-state index contributed by atoms with van der Waals surface area (Å²) in [4.78, 5) is 5.18. The zero-order chi connectivity index (χ0) is 32.5. The molecule has 0 fully saturated rings. The van der Waals surface area contributed by atoms with Crippen LogP contribution in [0.4, 0.5) is 5.69 Å². The molecule has 3 aromatic carbocycles. The Morgan fingerprint density at radius 3 is 1.55 bits per heavy atom. The first-order valence-electron chi connectivity index (χ1n) is 14.9. The summed E-state index contributed by atoms with van der Waals surface area (Å²) in [6.45, 7) is 15.5. The smallest absolute Gasteiger partial charge is 0.672 e. The number of hydrogen-bond donors (Lipinski definition) is 0. The molecule has 1 atom stereocenters. The van der Waals surface area contributed by atoms with Crippen molar-refractivity contribution in [2.45, 2.75) is 66.3 Å². The Balaban J connectivity index is 0.00000165. The third kappa shape index (κ3) is 12.7. The normalized spacial score (nSPS) is 10.8. The number of hydrogen-bond acceptors (Lipinski definition) is 2. The van der Waals surface area contributed by atoms with Gasteiger partial charge in [0.05, 0.1) is 10.7 Å². The summed E-state index contributed by atoms with van der Waals surface area (Å²) >= 11 is 1.71. The van der Waals surface area contributed by atoms with Crippen molar-refractivity contribution in [1.29, 1.82) is 0 Å². The van der Waals surface area contributed by atoms with E-state index in [2.05, 4.69) is 130 Å². The van der Waals surface area contributed by atoms with Crippen molar-refractivity contribution in [1.82, 2.24) is 4.98 Å². The van der Waals surface area contributed by atoms with Gasteiger partial charge in [0.1, 0.15) is 0 Å². The van der Waals surface area contributed by atoms with Crippen LogP contribution >= 0.6 is 11.3 Å². The van der Waals surface area contributed by atoms with Gasteiger partial charge in [0.2, 0.25) is 0 Å². The van der Waals surface area contributed by atoms with Gasteiger partial charge in [-0.25, -0.2) is 4.98 Å². The molecule has 0 amide bonds. The first-order valence-corrected chi connectivity index (χ1v) is 15.7. The van der Waals surface area contributed by atoms with Crippen LogP contribution in [-0.2, 0) is 25.8 Å².